The Bertz CT molecular complexity index is 824. The lowest BCUT2D eigenvalue weighted by molar-refractivity contribution is 0.101. The van der Waals surface area contributed by atoms with E-state index in [0.29, 0.717) is 21.5 Å². The van der Waals surface area contributed by atoms with Gasteiger partial charge in [0.2, 0.25) is 5.78 Å². The monoisotopic (exact) mass is 393 g/mol. The zero-order chi connectivity index (χ0) is 14.3. The predicted molar refractivity (Wildman–Crippen MR) is 84.0 cm³/mol. The molecule has 0 spiro atoms. The van der Waals surface area contributed by atoms with Gasteiger partial charge in [-0.3, -0.25) is 9.78 Å². The van der Waals surface area contributed by atoms with Crippen molar-refractivity contribution < 1.29 is 9.21 Å². The molecule has 0 saturated heterocycles. The number of benzene rings is 1. The lowest BCUT2D eigenvalue weighted by Gasteiger charge is -2.00. The van der Waals surface area contributed by atoms with Crippen LogP contribution in [-0.2, 0) is 0 Å². The van der Waals surface area contributed by atoms with E-state index in [1.165, 1.54) is 0 Å². The molecule has 0 atom stereocenters. The van der Waals surface area contributed by atoms with Crippen molar-refractivity contribution in [2.24, 2.45) is 0 Å². The van der Waals surface area contributed by atoms with Gasteiger partial charge in [0.25, 0.3) is 0 Å². The number of carbonyl (C=O) groups is 1. The topological polar surface area (TPSA) is 43.1 Å². The van der Waals surface area contributed by atoms with Crippen molar-refractivity contribution in [3.05, 3.63) is 62.5 Å². The number of aromatic nitrogens is 1. The minimum atomic E-state index is -0.238. The second kappa shape index (κ2) is 5.14. The van der Waals surface area contributed by atoms with Gasteiger partial charge in [0.05, 0.1) is 0 Å². The number of halogens is 2. The van der Waals surface area contributed by atoms with Gasteiger partial charge in [-0.2, -0.15) is 0 Å². The molecule has 2 aromatic heterocycles. The summed E-state index contributed by atoms with van der Waals surface area (Å²) in [6.07, 6.45) is 1.59. The quantitative estimate of drug-likeness (QED) is 0.581. The number of ketones is 1. The summed E-state index contributed by atoms with van der Waals surface area (Å²) in [5, 5.41) is 0.918. The Hall–Kier alpha value is -1.46. The summed E-state index contributed by atoms with van der Waals surface area (Å²) >= 11 is 6.66. The van der Waals surface area contributed by atoms with Crippen molar-refractivity contribution in [3.8, 4) is 0 Å². The van der Waals surface area contributed by atoms with Crippen LogP contribution in [0, 0.1) is 6.92 Å². The van der Waals surface area contributed by atoms with E-state index in [1.807, 2.05) is 25.1 Å². The molecule has 100 valence electrons. The molecular weight excluding hydrogens is 386 g/mol. The van der Waals surface area contributed by atoms with E-state index in [2.05, 4.69) is 36.8 Å². The molecule has 3 aromatic rings. The number of aryl methyl sites for hydroxylation is 1. The van der Waals surface area contributed by atoms with E-state index >= 15 is 0 Å². The zero-order valence-corrected chi connectivity index (χ0v) is 13.7. The van der Waals surface area contributed by atoms with Crippen LogP contribution < -0.4 is 0 Å². The molecule has 0 unspecified atom stereocenters. The Balaban J connectivity index is 2.08. The van der Waals surface area contributed by atoms with Gasteiger partial charge in [0.15, 0.2) is 5.76 Å². The first kappa shape index (κ1) is 13.5. The summed E-state index contributed by atoms with van der Waals surface area (Å²) in [4.78, 5) is 16.6. The smallest absolute Gasteiger partial charge is 0.247 e. The highest BCUT2D eigenvalue weighted by atomic mass is 79.9. The molecule has 0 amide bonds. The van der Waals surface area contributed by atoms with Crippen molar-refractivity contribution in [1.82, 2.24) is 4.98 Å². The molecule has 0 bridgehead atoms. The second-order valence-corrected chi connectivity index (χ2v) is 6.24. The number of carbonyl (C=O) groups excluding carboxylic acids is 1. The highest BCUT2D eigenvalue weighted by Crippen LogP contribution is 2.26. The SMILES string of the molecule is Cc1ccc2oc(C(=O)c3ncc(Br)cc3Br)cc2c1. The van der Waals surface area contributed by atoms with Crippen LogP contribution in [0.2, 0.25) is 0 Å². The summed E-state index contributed by atoms with van der Waals surface area (Å²) in [6.45, 7) is 2.00. The highest BCUT2D eigenvalue weighted by molar-refractivity contribution is 9.11. The van der Waals surface area contributed by atoms with E-state index in [1.54, 1.807) is 18.3 Å². The van der Waals surface area contributed by atoms with Crippen LogP contribution in [0.3, 0.4) is 0 Å². The maximum Gasteiger partial charge on any atom is 0.247 e. The van der Waals surface area contributed by atoms with Crippen LogP contribution in [0.4, 0.5) is 0 Å². The van der Waals surface area contributed by atoms with Crippen LogP contribution in [0.5, 0.6) is 0 Å². The molecule has 0 fully saturated rings. The van der Waals surface area contributed by atoms with Crippen LogP contribution >= 0.6 is 31.9 Å². The number of nitrogens with zero attached hydrogens (tertiary/aromatic N) is 1. The molecule has 3 nitrogen and oxygen atoms in total. The van der Waals surface area contributed by atoms with Crippen molar-refractivity contribution >= 4 is 48.6 Å². The first-order chi connectivity index (χ1) is 9.54. The van der Waals surface area contributed by atoms with E-state index in [0.717, 1.165) is 15.4 Å². The molecule has 3 rings (SSSR count). The van der Waals surface area contributed by atoms with E-state index in [-0.39, 0.29) is 5.78 Å². The summed E-state index contributed by atoms with van der Waals surface area (Å²) < 4.78 is 7.04. The number of pyridine rings is 1. The molecule has 0 aliphatic rings. The first-order valence-electron chi connectivity index (χ1n) is 5.90. The van der Waals surface area contributed by atoms with E-state index < -0.39 is 0 Å². The van der Waals surface area contributed by atoms with Crippen molar-refractivity contribution in [2.75, 3.05) is 0 Å². The molecule has 0 saturated carbocycles. The summed E-state index contributed by atoms with van der Waals surface area (Å²) in [5.41, 5.74) is 2.16. The average Bonchev–Trinajstić information content (AvgIpc) is 2.81. The Labute approximate surface area is 132 Å². The summed E-state index contributed by atoms with van der Waals surface area (Å²) in [7, 11) is 0. The lowest BCUT2D eigenvalue weighted by Crippen LogP contribution is -2.03. The predicted octanol–water partition coefficient (Wildman–Crippen LogP) is 4.89. The minimum absolute atomic E-state index is 0.238. The molecule has 0 aliphatic heterocycles. The standard InChI is InChI=1S/C15H9Br2NO2/c1-8-2-3-12-9(4-8)5-13(20-12)15(19)14-11(17)6-10(16)7-18-14/h2-7H,1H3. The van der Waals surface area contributed by atoms with Gasteiger partial charge in [-0.25, -0.2) is 0 Å². The average molecular weight is 395 g/mol. The van der Waals surface area contributed by atoms with Gasteiger partial charge in [0, 0.05) is 20.5 Å². The molecular formula is C15H9Br2NO2. The summed E-state index contributed by atoms with van der Waals surface area (Å²) in [6, 6.07) is 9.34. The highest BCUT2D eigenvalue weighted by Gasteiger charge is 2.18. The largest absolute Gasteiger partial charge is 0.453 e. The number of rotatable bonds is 2. The lowest BCUT2D eigenvalue weighted by atomic mass is 10.1. The molecule has 0 N–H and O–H groups in total. The van der Waals surface area contributed by atoms with Gasteiger partial charge in [-0.1, -0.05) is 11.6 Å². The van der Waals surface area contributed by atoms with Gasteiger partial charge >= 0.3 is 0 Å². The molecule has 0 aliphatic carbocycles. The van der Waals surface area contributed by atoms with Gasteiger partial charge in [0.1, 0.15) is 11.3 Å². The molecule has 1 aromatic carbocycles. The van der Waals surface area contributed by atoms with Crippen LogP contribution in [0.15, 0.2) is 49.9 Å². The van der Waals surface area contributed by atoms with Crippen LogP contribution in [0.25, 0.3) is 11.0 Å². The van der Waals surface area contributed by atoms with Gasteiger partial charge in [-0.05, 0) is 63.0 Å². The minimum Gasteiger partial charge on any atom is -0.453 e. The molecule has 20 heavy (non-hydrogen) atoms. The van der Waals surface area contributed by atoms with Crippen molar-refractivity contribution in [3.63, 3.8) is 0 Å². The maximum atomic E-state index is 12.4. The van der Waals surface area contributed by atoms with E-state index in [4.69, 9.17) is 4.42 Å². The fourth-order valence-corrected chi connectivity index (χ4v) is 3.14. The Morgan fingerprint density at radius 2 is 2.00 bits per heavy atom. The number of furan rings is 1. The fraction of sp³-hybridized carbons (Fsp3) is 0.0667. The molecule has 5 heteroatoms. The Kier molecular flexibility index (Phi) is 3.48. The molecule has 0 radical (unpaired) electrons. The number of hydrogen-bond acceptors (Lipinski definition) is 3. The van der Waals surface area contributed by atoms with Crippen LogP contribution in [0.1, 0.15) is 21.8 Å². The fourth-order valence-electron chi connectivity index (χ4n) is 1.97. The second-order valence-electron chi connectivity index (χ2n) is 4.47. The number of fused-ring (bicyclic) bond motifs is 1. The zero-order valence-electron chi connectivity index (χ0n) is 10.5. The third-order valence-electron chi connectivity index (χ3n) is 2.92. The normalized spacial score (nSPS) is 10.9. The van der Waals surface area contributed by atoms with Crippen molar-refractivity contribution in [2.45, 2.75) is 6.92 Å². The van der Waals surface area contributed by atoms with Gasteiger partial charge < -0.3 is 4.42 Å². The number of hydrogen-bond donors (Lipinski definition) is 0. The van der Waals surface area contributed by atoms with Crippen LogP contribution in [-0.4, -0.2) is 10.8 Å². The van der Waals surface area contributed by atoms with Crippen molar-refractivity contribution in [1.29, 1.82) is 0 Å². The van der Waals surface area contributed by atoms with E-state index in [9.17, 15) is 4.79 Å². The maximum absolute atomic E-state index is 12.4. The Morgan fingerprint density at radius 1 is 1.20 bits per heavy atom. The molecule has 2 heterocycles. The summed E-state index contributed by atoms with van der Waals surface area (Å²) in [5.74, 6) is 0.0550. The first-order valence-corrected chi connectivity index (χ1v) is 7.49. The van der Waals surface area contributed by atoms with Gasteiger partial charge in [-0.15, -0.1) is 0 Å². The third-order valence-corrected chi connectivity index (χ3v) is 3.96. The third kappa shape index (κ3) is 2.43. The Morgan fingerprint density at radius 3 is 2.75 bits per heavy atom.